The van der Waals surface area contributed by atoms with Gasteiger partial charge in [-0.1, -0.05) is 13.8 Å². The van der Waals surface area contributed by atoms with Gasteiger partial charge >= 0.3 is 23.5 Å². The minimum atomic E-state index is -4.85. The van der Waals surface area contributed by atoms with Gasteiger partial charge in [0.25, 0.3) is 0 Å². The number of rotatable bonds is 25. The lowest BCUT2D eigenvalue weighted by molar-refractivity contribution is -0.0131. The predicted molar refractivity (Wildman–Crippen MR) is 158 cm³/mol. The maximum Gasteiger partial charge on any atom is 0.472 e. The Morgan fingerprint density at radius 2 is 1.11 bits per heavy atom. The van der Waals surface area contributed by atoms with Crippen molar-refractivity contribution in [2.45, 2.75) is 116 Å². The highest BCUT2D eigenvalue weighted by Gasteiger charge is 2.40. The van der Waals surface area contributed by atoms with E-state index < -0.39 is 84.0 Å². The molecule has 0 bridgehead atoms. The Kier molecular flexibility index (Phi) is 18.0. The van der Waals surface area contributed by atoms with Crippen LogP contribution in [0, 0.1) is 11.8 Å². The molecule has 7 N–H and O–H groups in total. The van der Waals surface area contributed by atoms with Gasteiger partial charge in [0.1, 0.15) is 0 Å². The molecule has 0 rings (SSSR count). The van der Waals surface area contributed by atoms with Gasteiger partial charge in [-0.25, -0.2) is 13.7 Å². The van der Waals surface area contributed by atoms with Crippen molar-refractivity contribution in [2.75, 3.05) is 26.4 Å². The third-order valence-corrected chi connectivity index (χ3v) is 9.91. The molecular weight excluding hydrogens is 655 g/mol. The fraction of sp³-hybridized carbons (Fsp3) is 1.00. The van der Waals surface area contributed by atoms with Crippen LogP contribution in [0.2, 0.25) is 0 Å². The molecular formula is C24H53F2N2O13P3. The van der Waals surface area contributed by atoms with E-state index in [0.29, 0.717) is 0 Å². The van der Waals surface area contributed by atoms with Crippen LogP contribution >= 0.6 is 23.5 Å². The number of aliphatic hydroxyl groups is 1. The van der Waals surface area contributed by atoms with E-state index in [0.717, 1.165) is 0 Å². The predicted octanol–water partition coefficient (Wildman–Crippen LogP) is 4.99. The fourth-order valence-electron chi connectivity index (χ4n) is 4.42. The second kappa shape index (κ2) is 18.0. The van der Waals surface area contributed by atoms with Crippen LogP contribution in [0.15, 0.2) is 0 Å². The fourth-order valence-corrected chi connectivity index (χ4v) is 7.19. The summed E-state index contributed by atoms with van der Waals surface area (Å²) < 4.78 is 88.6. The number of hydrogen-bond acceptors (Lipinski definition) is 11. The summed E-state index contributed by atoms with van der Waals surface area (Å²) in [7, 11) is -14.3. The Hall–Kier alpha value is 0.0700. The van der Waals surface area contributed by atoms with Crippen molar-refractivity contribution in [3.63, 3.8) is 0 Å². The van der Waals surface area contributed by atoms with Gasteiger partial charge in [0.05, 0.1) is 31.0 Å². The van der Waals surface area contributed by atoms with Crippen LogP contribution in [0.5, 0.6) is 0 Å². The lowest BCUT2D eigenvalue weighted by Crippen LogP contribution is -2.39. The zero-order valence-corrected chi connectivity index (χ0v) is 29.5. The molecule has 0 spiro atoms. The lowest BCUT2D eigenvalue weighted by Gasteiger charge is -2.36. The quantitative estimate of drug-likeness (QED) is 0.0490. The normalized spacial score (nSPS) is 20.2. The first-order chi connectivity index (χ1) is 19.8. The number of nitrogens with one attached hydrogen (secondary N) is 2. The molecule has 0 radical (unpaired) electrons. The molecule has 0 saturated heterocycles. The van der Waals surface area contributed by atoms with Gasteiger partial charge in [-0.2, -0.15) is 11.1 Å². The van der Waals surface area contributed by atoms with Gasteiger partial charge in [0.2, 0.25) is 0 Å². The minimum absolute atomic E-state index is 0.0259. The first kappa shape index (κ1) is 44.1. The molecule has 15 nitrogen and oxygen atoms in total. The van der Waals surface area contributed by atoms with Gasteiger partial charge in [0, 0.05) is 30.0 Å². The molecule has 20 heteroatoms. The van der Waals surface area contributed by atoms with Crippen LogP contribution in [0.4, 0.5) is 8.96 Å². The molecule has 6 unspecified atom stereocenters. The van der Waals surface area contributed by atoms with Crippen molar-refractivity contribution in [3.05, 3.63) is 0 Å². The molecule has 6 atom stereocenters. The Morgan fingerprint density at radius 1 is 0.682 bits per heavy atom. The van der Waals surface area contributed by atoms with Gasteiger partial charge in [-0.3, -0.25) is 22.6 Å². The van der Waals surface area contributed by atoms with Crippen LogP contribution < -0.4 is 11.1 Å². The third kappa shape index (κ3) is 19.0. The topological polar surface area (TPSA) is 223 Å². The van der Waals surface area contributed by atoms with E-state index in [-0.39, 0.29) is 38.5 Å². The minimum Gasteiger partial charge on any atom is -0.396 e. The van der Waals surface area contributed by atoms with Gasteiger partial charge < -0.3 is 24.7 Å². The highest BCUT2D eigenvalue weighted by molar-refractivity contribution is 7.47. The molecule has 0 heterocycles. The molecule has 0 fully saturated rings. The molecule has 0 aromatic heterocycles. The lowest BCUT2D eigenvalue weighted by atomic mass is 9.83. The molecule has 0 aliphatic carbocycles. The number of hydrogen-bond donors (Lipinski definition) is 7. The van der Waals surface area contributed by atoms with E-state index >= 15 is 0 Å². The second-order valence-electron chi connectivity index (χ2n) is 12.9. The number of phosphoric acid groups is 3. The SMILES string of the molecule is CCC(C)(CCOP(=O)(O)OC(C)(CC)CC(COP(=O)(O)O)CC(C)(C)NF)OP(=O)(O)OCC(CO)CC(C)(C)NF. The third-order valence-electron chi connectivity index (χ3n) is 7.09. The summed E-state index contributed by atoms with van der Waals surface area (Å²) in [6, 6.07) is 0. The Morgan fingerprint density at radius 3 is 1.55 bits per heavy atom. The van der Waals surface area contributed by atoms with E-state index in [2.05, 4.69) is 4.52 Å². The van der Waals surface area contributed by atoms with Crippen molar-refractivity contribution >= 4 is 23.5 Å². The molecule has 0 aromatic rings. The largest absolute Gasteiger partial charge is 0.472 e. The maximum atomic E-state index is 13.3. The molecule has 0 amide bonds. The first-order valence-corrected chi connectivity index (χ1v) is 18.7. The zero-order chi connectivity index (χ0) is 34.7. The summed E-state index contributed by atoms with van der Waals surface area (Å²) in [6.45, 7) is 10.6. The van der Waals surface area contributed by atoms with Crippen LogP contribution in [0.3, 0.4) is 0 Å². The van der Waals surface area contributed by atoms with Crippen LogP contribution in [-0.4, -0.2) is 73.4 Å². The van der Waals surface area contributed by atoms with E-state index in [1.807, 2.05) is 0 Å². The average Bonchev–Trinajstić information content (AvgIpc) is 2.88. The number of aliphatic hydroxyl groups excluding tert-OH is 1. The Labute approximate surface area is 259 Å². The van der Waals surface area contributed by atoms with Crippen LogP contribution in [-0.2, 0) is 36.3 Å². The van der Waals surface area contributed by atoms with E-state index in [1.54, 1.807) is 24.9 Å². The van der Waals surface area contributed by atoms with Crippen molar-refractivity contribution in [1.82, 2.24) is 11.1 Å². The summed E-state index contributed by atoms with van der Waals surface area (Å²) in [5, 5.41) is 9.54. The second-order valence-corrected chi connectivity index (χ2v) is 16.9. The molecule has 266 valence electrons. The average molecular weight is 709 g/mol. The van der Waals surface area contributed by atoms with E-state index in [9.17, 15) is 37.6 Å². The highest BCUT2D eigenvalue weighted by Crippen LogP contribution is 2.52. The first-order valence-electron chi connectivity index (χ1n) is 14.2. The summed E-state index contributed by atoms with van der Waals surface area (Å²) in [4.78, 5) is 39.0. The van der Waals surface area contributed by atoms with Crippen molar-refractivity contribution < 1.29 is 70.0 Å². The summed E-state index contributed by atoms with van der Waals surface area (Å²) in [5.41, 5.74) is -1.66. The monoisotopic (exact) mass is 708 g/mol. The van der Waals surface area contributed by atoms with Crippen molar-refractivity contribution in [2.24, 2.45) is 11.8 Å². The number of halogens is 2. The highest BCUT2D eigenvalue weighted by atomic mass is 31.2. The van der Waals surface area contributed by atoms with Gasteiger partial charge in [-0.15, -0.1) is 8.96 Å². The smallest absolute Gasteiger partial charge is 0.396 e. The van der Waals surface area contributed by atoms with Crippen LogP contribution in [0.25, 0.3) is 0 Å². The number of phosphoric ester groups is 3. The summed E-state index contributed by atoms with van der Waals surface area (Å²) in [5.74, 6) is -1.40. The van der Waals surface area contributed by atoms with Gasteiger partial charge in [-0.05, 0) is 79.6 Å². The summed E-state index contributed by atoms with van der Waals surface area (Å²) >= 11 is 0. The van der Waals surface area contributed by atoms with Gasteiger partial charge in [0.15, 0.2) is 0 Å². The van der Waals surface area contributed by atoms with Crippen molar-refractivity contribution in [1.29, 1.82) is 0 Å². The molecule has 0 saturated carbocycles. The Balaban J connectivity index is 5.38. The van der Waals surface area contributed by atoms with E-state index in [4.69, 9.17) is 27.9 Å². The maximum absolute atomic E-state index is 13.3. The van der Waals surface area contributed by atoms with E-state index in [1.165, 1.54) is 41.5 Å². The molecule has 0 aliphatic heterocycles. The van der Waals surface area contributed by atoms with Crippen molar-refractivity contribution in [3.8, 4) is 0 Å². The summed E-state index contributed by atoms with van der Waals surface area (Å²) in [6.07, 6.45) is 0.226. The zero-order valence-electron chi connectivity index (χ0n) is 26.8. The molecule has 44 heavy (non-hydrogen) atoms. The van der Waals surface area contributed by atoms with Crippen LogP contribution in [0.1, 0.15) is 93.9 Å². The standard InChI is InChI=1S/C24H53F2N2O13P3/c1-9-23(7,40-44(35,36)39-18-20(16-29)14-22(5,6)28-26)11-12-37-43(33,34)41-24(8,10-2)15-19(13-21(3,4)27-25)17-38-42(30,31)32/h19-20,27-29H,9-18H2,1-8H3,(H,33,34)(H,35,36)(H2,30,31,32). The molecule has 0 aromatic carbocycles. The molecule has 0 aliphatic rings. The Bertz CT molecular complexity index is 1010.